The molecule has 1 saturated heterocycles. The highest BCUT2D eigenvalue weighted by Crippen LogP contribution is 2.44. The van der Waals surface area contributed by atoms with Gasteiger partial charge in [-0.2, -0.15) is 0 Å². The summed E-state index contributed by atoms with van der Waals surface area (Å²) in [5.74, 6) is -0.260. The number of benzene rings is 3. The Balaban J connectivity index is 1.57. The third-order valence-corrected chi connectivity index (χ3v) is 7.27. The van der Waals surface area contributed by atoms with Crippen LogP contribution >= 0.6 is 0 Å². The van der Waals surface area contributed by atoms with Crippen molar-refractivity contribution in [3.8, 4) is 0 Å². The number of piperidine rings is 1. The van der Waals surface area contributed by atoms with Crippen molar-refractivity contribution in [2.45, 2.75) is 31.5 Å². The molecule has 1 fully saturated rings. The zero-order valence-corrected chi connectivity index (χ0v) is 21.7. The molecule has 1 N–H and O–H groups in total. The number of esters is 1. The molecule has 0 amide bonds. The standard InChI is InChI=1S/C33H34N2O3/c1-2-38-32(37)25-34-20-18-26(23-34)22-27-24-35(21-19-31(27)36)33(28-12-6-3-7-13-28,29-14-8-4-9-15-29)30-16-10-5-11-17-30/h3-18,20,22-23,31,36H,2,19,21,24-25H2,1H3/b27-22-. The number of rotatable bonds is 8. The van der Waals surface area contributed by atoms with E-state index in [9.17, 15) is 9.90 Å². The summed E-state index contributed by atoms with van der Waals surface area (Å²) in [7, 11) is 0. The van der Waals surface area contributed by atoms with Crippen LogP contribution in [0.1, 0.15) is 35.6 Å². The summed E-state index contributed by atoms with van der Waals surface area (Å²) in [6.45, 7) is 3.68. The number of hydrogen-bond acceptors (Lipinski definition) is 4. The second-order valence-electron chi connectivity index (χ2n) is 9.68. The van der Waals surface area contributed by atoms with Crippen molar-refractivity contribution in [2.75, 3.05) is 19.7 Å². The fraction of sp³-hybridized carbons (Fsp3) is 0.242. The molecule has 0 radical (unpaired) electrons. The van der Waals surface area contributed by atoms with Crippen molar-refractivity contribution >= 4 is 12.0 Å². The van der Waals surface area contributed by atoms with Gasteiger partial charge in [0.1, 0.15) is 6.54 Å². The largest absolute Gasteiger partial charge is 0.465 e. The van der Waals surface area contributed by atoms with Gasteiger partial charge in [0.25, 0.3) is 0 Å². The van der Waals surface area contributed by atoms with Gasteiger partial charge in [-0.15, -0.1) is 0 Å². The molecular weight excluding hydrogens is 472 g/mol. The van der Waals surface area contributed by atoms with Crippen LogP contribution in [0.5, 0.6) is 0 Å². The van der Waals surface area contributed by atoms with Gasteiger partial charge in [0.2, 0.25) is 0 Å². The van der Waals surface area contributed by atoms with E-state index >= 15 is 0 Å². The number of aliphatic hydroxyl groups is 1. The molecule has 1 unspecified atom stereocenters. The van der Waals surface area contributed by atoms with E-state index in [1.54, 1.807) is 6.92 Å². The summed E-state index contributed by atoms with van der Waals surface area (Å²) >= 11 is 0. The number of carbonyl (C=O) groups is 1. The Morgan fingerprint density at radius 2 is 1.47 bits per heavy atom. The third kappa shape index (κ3) is 5.21. The predicted octanol–water partition coefficient (Wildman–Crippen LogP) is 5.49. The molecule has 2 heterocycles. The molecule has 0 bridgehead atoms. The van der Waals surface area contributed by atoms with Crippen LogP contribution in [0.4, 0.5) is 0 Å². The fourth-order valence-electron chi connectivity index (χ4n) is 5.60. The molecule has 3 aromatic carbocycles. The van der Waals surface area contributed by atoms with E-state index in [1.807, 2.05) is 23.0 Å². The fourth-order valence-corrected chi connectivity index (χ4v) is 5.60. The van der Waals surface area contributed by atoms with Crippen molar-refractivity contribution in [3.63, 3.8) is 0 Å². The van der Waals surface area contributed by atoms with E-state index in [4.69, 9.17) is 4.74 Å². The van der Waals surface area contributed by atoms with Crippen LogP contribution in [0.2, 0.25) is 0 Å². The Morgan fingerprint density at radius 1 is 0.921 bits per heavy atom. The van der Waals surface area contributed by atoms with Gasteiger partial charge < -0.3 is 14.4 Å². The average molecular weight is 507 g/mol. The first-order valence-corrected chi connectivity index (χ1v) is 13.2. The van der Waals surface area contributed by atoms with Gasteiger partial charge in [-0.1, -0.05) is 97.1 Å². The number of hydrogen-bond donors (Lipinski definition) is 1. The van der Waals surface area contributed by atoms with Crippen LogP contribution < -0.4 is 0 Å². The van der Waals surface area contributed by atoms with Gasteiger partial charge in [0.05, 0.1) is 18.2 Å². The summed E-state index contributed by atoms with van der Waals surface area (Å²) in [5.41, 5.74) is 4.95. The number of aromatic nitrogens is 1. The van der Waals surface area contributed by atoms with Crippen LogP contribution in [0, 0.1) is 0 Å². The second-order valence-corrected chi connectivity index (χ2v) is 9.68. The maximum atomic E-state index is 11.9. The van der Waals surface area contributed by atoms with Crippen molar-refractivity contribution in [1.29, 1.82) is 0 Å². The molecular formula is C33H34N2O3. The third-order valence-electron chi connectivity index (χ3n) is 7.27. The van der Waals surface area contributed by atoms with Gasteiger partial charge in [0.15, 0.2) is 0 Å². The SMILES string of the molecule is CCOC(=O)Cn1ccc(/C=C2/CN(C(c3ccccc3)(c3ccccc3)c3ccccc3)CCC2O)c1. The normalized spacial score (nSPS) is 17.4. The summed E-state index contributed by atoms with van der Waals surface area (Å²) < 4.78 is 6.90. The Labute approximate surface area is 224 Å². The van der Waals surface area contributed by atoms with Crippen molar-refractivity contribution in [1.82, 2.24) is 9.47 Å². The number of carbonyl (C=O) groups excluding carboxylic acids is 1. The van der Waals surface area contributed by atoms with Crippen molar-refractivity contribution in [2.24, 2.45) is 0 Å². The van der Waals surface area contributed by atoms with Crippen LogP contribution in [-0.2, 0) is 21.6 Å². The Hall–Kier alpha value is -3.93. The van der Waals surface area contributed by atoms with Crippen LogP contribution in [0.3, 0.4) is 0 Å². The lowest BCUT2D eigenvalue weighted by molar-refractivity contribution is -0.143. The van der Waals surface area contributed by atoms with Crippen LogP contribution in [-0.4, -0.2) is 46.3 Å². The van der Waals surface area contributed by atoms with Gasteiger partial charge in [-0.05, 0) is 47.2 Å². The first kappa shape index (κ1) is 25.7. The Bertz CT molecular complexity index is 1270. The molecule has 194 valence electrons. The smallest absolute Gasteiger partial charge is 0.325 e. The van der Waals surface area contributed by atoms with E-state index < -0.39 is 11.6 Å². The topological polar surface area (TPSA) is 54.7 Å². The summed E-state index contributed by atoms with van der Waals surface area (Å²) in [4.78, 5) is 14.4. The number of nitrogens with zero attached hydrogens (tertiary/aromatic N) is 2. The molecule has 38 heavy (non-hydrogen) atoms. The minimum atomic E-state index is -0.529. The van der Waals surface area contributed by atoms with E-state index in [0.717, 1.165) is 17.7 Å². The van der Waals surface area contributed by atoms with E-state index in [2.05, 4.69) is 102 Å². The van der Waals surface area contributed by atoms with Crippen LogP contribution in [0.25, 0.3) is 6.08 Å². The predicted molar refractivity (Wildman–Crippen MR) is 150 cm³/mol. The molecule has 5 heteroatoms. The Kier molecular flexibility index (Phi) is 7.87. The van der Waals surface area contributed by atoms with Crippen molar-refractivity contribution in [3.05, 3.63) is 137 Å². The molecule has 0 spiro atoms. The molecule has 4 aromatic rings. The van der Waals surface area contributed by atoms with Crippen LogP contribution in [0.15, 0.2) is 115 Å². The summed E-state index contributed by atoms with van der Waals surface area (Å²) in [5, 5.41) is 11.1. The molecule has 1 atom stereocenters. The second kappa shape index (κ2) is 11.6. The molecule has 0 aliphatic carbocycles. The summed E-state index contributed by atoms with van der Waals surface area (Å²) in [6, 6.07) is 33.9. The lowest BCUT2D eigenvalue weighted by Crippen LogP contribution is -2.52. The highest BCUT2D eigenvalue weighted by molar-refractivity contribution is 5.69. The minimum Gasteiger partial charge on any atom is -0.465 e. The highest BCUT2D eigenvalue weighted by atomic mass is 16.5. The van der Waals surface area contributed by atoms with Gasteiger partial charge in [0, 0.05) is 25.5 Å². The van der Waals surface area contributed by atoms with Gasteiger partial charge in [-0.25, -0.2) is 0 Å². The minimum absolute atomic E-state index is 0.171. The quantitative estimate of drug-likeness (QED) is 0.254. The number of likely N-dealkylation sites (tertiary alicyclic amines) is 1. The van der Waals surface area contributed by atoms with Gasteiger partial charge in [-0.3, -0.25) is 9.69 Å². The molecule has 1 aliphatic rings. The molecule has 1 aliphatic heterocycles. The zero-order valence-electron chi connectivity index (χ0n) is 21.7. The molecule has 5 nitrogen and oxygen atoms in total. The van der Waals surface area contributed by atoms with E-state index in [0.29, 0.717) is 19.6 Å². The first-order chi connectivity index (χ1) is 18.6. The highest BCUT2D eigenvalue weighted by Gasteiger charge is 2.44. The monoisotopic (exact) mass is 506 g/mol. The van der Waals surface area contributed by atoms with E-state index in [1.165, 1.54) is 16.7 Å². The average Bonchev–Trinajstić information content (AvgIpc) is 3.39. The lowest BCUT2D eigenvalue weighted by atomic mass is 9.74. The number of aliphatic hydroxyl groups excluding tert-OH is 1. The van der Waals surface area contributed by atoms with Crippen molar-refractivity contribution < 1.29 is 14.6 Å². The maximum Gasteiger partial charge on any atom is 0.325 e. The summed E-state index contributed by atoms with van der Waals surface area (Å²) in [6.07, 6.45) is 5.96. The lowest BCUT2D eigenvalue weighted by Gasteiger charge is -2.48. The number of ether oxygens (including phenoxy) is 1. The van der Waals surface area contributed by atoms with Gasteiger partial charge >= 0.3 is 5.97 Å². The zero-order chi connectivity index (χ0) is 26.4. The molecule has 1 aromatic heterocycles. The first-order valence-electron chi connectivity index (χ1n) is 13.2. The molecule has 5 rings (SSSR count). The Morgan fingerprint density at radius 3 is 2.00 bits per heavy atom. The molecule has 0 saturated carbocycles. The van der Waals surface area contributed by atoms with E-state index in [-0.39, 0.29) is 12.5 Å². The maximum absolute atomic E-state index is 11.9.